The zero-order chi connectivity index (χ0) is 23.8. The summed E-state index contributed by atoms with van der Waals surface area (Å²) in [6, 6.07) is 15.0. The largest absolute Gasteiger partial charge is 0.497 e. The molecule has 4 rings (SSSR count). The van der Waals surface area contributed by atoms with Crippen molar-refractivity contribution in [3.63, 3.8) is 0 Å². The number of carbonyl (C=O) groups excluding carboxylic acids is 2. The highest BCUT2D eigenvalue weighted by molar-refractivity contribution is 6.14. The molecular weight excluding hydrogens is 418 g/mol. The lowest BCUT2D eigenvalue weighted by atomic mass is 9.93. The van der Waals surface area contributed by atoms with Crippen LogP contribution in [-0.4, -0.2) is 42.7 Å². The maximum atomic E-state index is 13.9. The number of hydrogen-bond acceptors (Lipinski definition) is 4. The van der Waals surface area contributed by atoms with Crippen molar-refractivity contribution in [2.45, 2.75) is 39.3 Å². The number of ether oxygens (including phenoxy) is 2. The van der Waals surface area contributed by atoms with Crippen LogP contribution in [0.4, 0.5) is 5.69 Å². The Morgan fingerprint density at radius 3 is 2.58 bits per heavy atom. The van der Waals surface area contributed by atoms with Crippen molar-refractivity contribution < 1.29 is 19.1 Å². The molecule has 2 amide bonds. The van der Waals surface area contributed by atoms with Crippen molar-refractivity contribution in [1.82, 2.24) is 9.88 Å². The molecule has 0 radical (unpaired) electrons. The number of amides is 2. The van der Waals surface area contributed by atoms with E-state index in [1.165, 1.54) is 0 Å². The van der Waals surface area contributed by atoms with Crippen molar-refractivity contribution in [1.29, 1.82) is 0 Å². The molecule has 1 atom stereocenters. The molecule has 0 unspecified atom stereocenters. The second kappa shape index (κ2) is 8.81. The smallest absolute Gasteiger partial charge is 0.276 e. The lowest BCUT2D eigenvalue weighted by Gasteiger charge is -2.44. The number of aromatic nitrogens is 1. The van der Waals surface area contributed by atoms with E-state index in [4.69, 9.17) is 9.47 Å². The number of benzene rings is 2. The standard InChI is InChI=1S/C26H31N3O4/c1-17(2)12-13-27-25(31)26(3)16-28-20-9-7-6-8-18(20)14-22(28)24(30)29(26)21-11-10-19(32-4)15-23(21)33-5/h6-11,14-15,17H,12-13,16H2,1-5H3,(H,27,31)/t26-/m0/s1. The number of carbonyl (C=O) groups is 2. The van der Waals surface area contributed by atoms with Gasteiger partial charge in [0.15, 0.2) is 0 Å². The molecule has 1 aliphatic rings. The van der Waals surface area contributed by atoms with Gasteiger partial charge in [0, 0.05) is 23.5 Å². The highest BCUT2D eigenvalue weighted by Crippen LogP contribution is 2.41. The van der Waals surface area contributed by atoms with Crippen molar-refractivity contribution >= 4 is 28.4 Å². The predicted octanol–water partition coefficient (Wildman–Crippen LogP) is 4.24. The Balaban J connectivity index is 1.86. The Kier molecular flexibility index (Phi) is 6.06. The van der Waals surface area contributed by atoms with Crippen LogP contribution < -0.4 is 19.7 Å². The number of methoxy groups -OCH3 is 2. The van der Waals surface area contributed by atoms with Crippen LogP contribution in [0.5, 0.6) is 11.5 Å². The van der Waals surface area contributed by atoms with Crippen LogP contribution in [0.2, 0.25) is 0 Å². The average Bonchev–Trinajstić information content (AvgIpc) is 3.17. The van der Waals surface area contributed by atoms with Gasteiger partial charge in [0.1, 0.15) is 22.7 Å². The number of hydrogen-bond donors (Lipinski definition) is 1. The quantitative estimate of drug-likeness (QED) is 0.586. The first-order chi connectivity index (χ1) is 15.8. The molecule has 0 spiro atoms. The van der Waals surface area contributed by atoms with Crippen LogP contribution in [-0.2, 0) is 11.3 Å². The van der Waals surface area contributed by atoms with Crippen LogP contribution in [0.1, 0.15) is 37.7 Å². The summed E-state index contributed by atoms with van der Waals surface area (Å²) in [5.41, 5.74) is 0.844. The zero-order valence-corrected chi connectivity index (χ0v) is 19.8. The Morgan fingerprint density at radius 1 is 1.12 bits per heavy atom. The number of rotatable bonds is 7. The fourth-order valence-corrected chi connectivity index (χ4v) is 4.46. The highest BCUT2D eigenvalue weighted by atomic mass is 16.5. The van der Waals surface area contributed by atoms with Gasteiger partial charge >= 0.3 is 0 Å². The molecule has 7 nitrogen and oxygen atoms in total. The number of fused-ring (bicyclic) bond motifs is 3. The van der Waals surface area contributed by atoms with E-state index in [9.17, 15) is 9.59 Å². The van der Waals surface area contributed by atoms with Crippen LogP contribution >= 0.6 is 0 Å². The van der Waals surface area contributed by atoms with Gasteiger partial charge in [0.2, 0.25) is 5.91 Å². The van der Waals surface area contributed by atoms with Gasteiger partial charge in [0.25, 0.3) is 5.91 Å². The van der Waals surface area contributed by atoms with Crippen LogP contribution in [0, 0.1) is 5.92 Å². The minimum Gasteiger partial charge on any atom is -0.497 e. The molecule has 1 aliphatic heterocycles. The minimum atomic E-state index is -1.16. The molecule has 1 aromatic heterocycles. The van der Waals surface area contributed by atoms with Gasteiger partial charge in [-0.15, -0.1) is 0 Å². The Bertz CT molecular complexity index is 1200. The lowest BCUT2D eigenvalue weighted by Crippen LogP contribution is -2.64. The zero-order valence-electron chi connectivity index (χ0n) is 19.8. The van der Waals surface area contributed by atoms with Gasteiger partial charge in [-0.2, -0.15) is 0 Å². The molecule has 174 valence electrons. The summed E-state index contributed by atoms with van der Waals surface area (Å²) < 4.78 is 12.9. The Hall–Kier alpha value is -3.48. The first-order valence-corrected chi connectivity index (χ1v) is 11.2. The van der Waals surface area contributed by atoms with Crippen LogP contribution in [0.15, 0.2) is 48.5 Å². The summed E-state index contributed by atoms with van der Waals surface area (Å²) in [7, 11) is 3.12. The number of nitrogens with one attached hydrogen (secondary N) is 1. The van der Waals surface area contributed by atoms with Crippen LogP contribution in [0.3, 0.4) is 0 Å². The van der Waals surface area contributed by atoms with Gasteiger partial charge in [-0.25, -0.2) is 0 Å². The van der Waals surface area contributed by atoms with Gasteiger partial charge < -0.3 is 19.4 Å². The number of nitrogens with zero attached hydrogens (tertiary/aromatic N) is 2. The van der Waals surface area contributed by atoms with Gasteiger partial charge in [-0.1, -0.05) is 32.0 Å². The maximum Gasteiger partial charge on any atom is 0.276 e. The predicted molar refractivity (Wildman–Crippen MR) is 129 cm³/mol. The molecule has 2 aromatic carbocycles. The second-order valence-electron chi connectivity index (χ2n) is 9.07. The molecule has 0 fully saturated rings. The normalized spacial score (nSPS) is 17.9. The molecule has 0 saturated heterocycles. The van der Waals surface area contributed by atoms with Gasteiger partial charge in [-0.05, 0) is 43.5 Å². The van der Waals surface area contributed by atoms with E-state index in [2.05, 4.69) is 19.2 Å². The van der Waals surface area contributed by atoms with E-state index in [-0.39, 0.29) is 11.8 Å². The van der Waals surface area contributed by atoms with Gasteiger partial charge in [0.05, 0.1) is 26.5 Å². The van der Waals surface area contributed by atoms with E-state index >= 15 is 0 Å². The number of anilines is 1. The van der Waals surface area contributed by atoms with E-state index < -0.39 is 5.54 Å². The van der Waals surface area contributed by atoms with E-state index in [0.29, 0.717) is 41.9 Å². The molecular formula is C26H31N3O4. The first-order valence-electron chi connectivity index (χ1n) is 11.2. The van der Waals surface area contributed by atoms with E-state index in [1.807, 2.05) is 41.8 Å². The fourth-order valence-electron chi connectivity index (χ4n) is 4.46. The Labute approximate surface area is 194 Å². The molecule has 1 N–H and O–H groups in total. The maximum absolute atomic E-state index is 13.9. The summed E-state index contributed by atoms with van der Waals surface area (Å²) in [4.78, 5) is 29.2. The number of para-hydroxylation sites is 1. The monoisotopic (exact) mass is 449 g/mol. The van der Waals surface area contributed by atoms with Crippen molar-refractivity contribution in [3.8, 4) is 11.5 Å². The fraction of sp³-hybridized carbons (Fsp3) is 0.385. The Morgan fingerprint density at radius 2 is 1.88 bits per heavy atom. The molecule has 3 aromatic rings. The summed E-state index contributed by atoms with van der Waals surface area (Å²) >= 11 is 0. The molecule has 0 bridgehead atoms. The summed E-state index contributed by atoms with van der Waals surface area (Å²) in [6.07, 6.45) is 0.860. The lowest BCUT2D eigenvalue weighted by molar-refractivity contribution is -0.126. The first kappa shape index (κ1) is 22.7. The third-order valence-corrected chi connectivity index (χ3v) is 6.32. The van der Waals surface area contributed by atoms with Crippen molar-refractivity contribution in [3.05, 3.63) is 54.2 Å². The highest BCUT2D eigenvalue weighted by Gasteiger charge is 2.49. The van der Waals surface area contributed by atoms with Crippen LogP contribution in [0.25, 0.3) is 10.9 Å². The van der Waals surface area contributed by atoms with E-state index in [1.54, 1.807) is 37.3 Å². The SMILES string of the molecule is COc1ccc(N2C(=O)c3cc4ccccc4n3C[C@@]2(C)C(=O)NCCC(C)C)c(OC)c1. The average molecular weight is 450 g/mol. The topological polar surface area (TPSA) is 72.8 Å². The molecule has 0 aliphatic carbocycles. The summed E-state index contributed by atoms with van der Waals surface area (Å²) in [5.74, 6) is 1.09. The minimum absolute atomic E-state index is 0.196. The molecule has 7 heteroatoms. The summed E-state index contributed by atoms with van der Waals surface area (Å²) in [5, 5.41) is 4.03. The van der Waals surface area contributed by atoms with Crippen molar-refractivity contribution in [2.75, 3.05) is 25.7 Å². The second-order valence-corrected chi connectivity index (χ2v) is 9.07. The summed E-state index contributed by atoms with van der Waals surface area (Å²) in [6.45, 7) is 6.92. The van der Waals surface area contributed by atoms with Gasteiger partial charge in [-0.3, -0.25) is 14.5 Å². The van der Waals surface area contributed by atoms with E-state index in [0.717, 1.165) is 17.3 Å². The third kappa shape index (κ3) is 3.92. The van der Waals surface area contributed by atoms with Crippen molar-refractivity contribution in [2.24, 2.45) is 5.92 Å². The molecule has 2 heterocycles. The molecule has 33 heavy (non-hydrogen) atoms. The molecule has 0 saturated carbocycles. The third-order valence-electron chi connectivity index (χ3n) is 6.32.